The lowest BCUT2D eigenvalue weighted by Gasteiger charge is -2.34. The van der Waals surface area contributed by atoms with Crippen LogP contribution in [0.5, 0.6) is 17.2 Å². The third kappa shape index (κ3) is 6.22. The SMILES string of the molecule is COc1ccc(N2CCC(NC(=O)c3cc(Cl)c(OCCC(C)C)c(OC)c3)CC2)cc1. The molecule has 0 saturated carbocycles. The molecule has 1 amide bonds. The molecule has 2 aromatic rings. The third-order valence-electron chi connectivity index (χ3n) is 5.70. The van der Waals surface area contributed by atoms with Gasteiger partial charge >= 0.3 is 0 Å². The summed E-state index contributed by atoms with van der Waals surface area (Å²) in [4.78, 5) is 15.2. The monoisotopic (exact) mass is 460 g/mol. The van der Waals surface area contributed by atoms with Crippen molar-refractivity contribution in [2.24, 2.45) is 5.92 Å². The van der Waals surface area contributed by atoms with E-state index in [2.05, 4.69) is 36.2 Å². The van der Waals surface area contributed by atoms with Crippen molar-refractivity contribution in [3.63, 3.8) is 0 Å². The summed E-state index contributed by atoms with van der Waals surface area (Å²) >= 11 is 6.42. The zero-order valence-electron chi connectivity index (χ0n) is 19.3. The number of benzene rings is 2. The van der Waals surface area contributed by atoms with Gasteiger partial charge in [0.2, 0.25) is 0 Å². The van der Waals surface area contributed by atoms with E-state index in [1.807, 2.05) is 12.1 Å². The molecular formula is C25H33ClN2O4. The van der Waals surface area contributed by atoms with Gasteiger partial charge in [-0.1, -0.05) is 25.4 Å². The van der Waals surface area contributed by atoms with E-state index in [1.165, 1.54) is 5.69 Å². The van der Waals surface area contributed by atoms with Crippen molar-refractivity contribution < 1.29 is 19.0 Å². The summed E-state index contributed by atoms with van der Waals surface area (Å²) in [6.45, 7) is 6.58. The Bertz CT molecular complexity index is 894. The molecule has 2 aromatic carbocycles. The highest BCUT2D eigenvalue weighted by atomic mass is 35.5. The summed E-state index contributed by atoms with van der Waals surface area (Å²) in [6, 6.07) is 11.5. The van der Waals surface area contributed by atoms with E-state index in [4.69, 9.17) is 25.8 Å². The summed E-state index contributed by atoms with van der Waals surface area (Å²) in [5.41, 5.74) is 1.64. The first kappa shape index (κ1) is 24.1. The minimum atomic E-state index is -0.151. The van der Waals surface area contributed by atoms with Gasteiger partial charge in [0, 0.05) is 30.4 Å². The molecule has 0 unspecified atom stereocenters. The predicted octanol–water partition coefficient (Wildman–Crippen LogP) is 5.18. The predicted molar refractivity (Wildman–Crippen MR) is 129 cm³/mol. The average molecular weight is 461 g/mol. The van der Waals surface area contributed by atoms with Gasteiger partial charge in [0.15, 0.2) is 11.5 Å². The number of nitrogens with zero attached hydrogens (tertiary/aromatic N) is 1. The minimum absolute atomic E-state index is 0.115. The van der Waals surface area contributed by atoms with Gasteiger partial charge in [-0.25, -0.2) is 0 Å². The Morgan fingerprint density at radius 1 is 1.12 bits per heavy atom. The summed E-state index contributed by atoms with van der Waals surface area (Å²) < 4.78 is 16.5. The van der Waals surface area contributed by atoms with E-state index in [0.717, 1.165) is 38.1 Å². The Balaban J connectivity index is 1.58. The molecule has 0 aliphatic carbocycles. The molecule has 1 saturated heterocycles. The number of ether oxygens (including phenoxy) is 3. The molecule has 174 valence electrons. The molecule has 0 spiro atoms. The van der Waals surface area contributed by atoms with Crippen molar-refractivity contribution in [2.45, 2.75) is 39.2 Å². The van der Waals surface area contributed by atoms with Gasteiger partial charge in [0.25, 0.3) is 5.91 Å². The highest BCUT2D eigenvalue weighted by Gasteiger charge is 2.23. The highest BCUT2D eigenvalue weighted by Crippen LogP contribution is 2.36. The Morgan fingerprint density at radius 3 is 2.41 bits per heavy atom. The van der Waals surface area contributed by atoms with Gasteiger partial charge in [-0.05, 0) is 61.6 Å². The molecule has 6 nitrogen and oxygen atoms in total. The number of methoxy groups -OCH3 is 2. The van der Waals surface area contributed by atoms with Gasteiger partial charge in [0.1, 0.15) is 5.75 Å². The Kier molecular flexibility index (Phi) is 8.51. The maximum absolute atomic E-state index is 12.9. The number of carbonyl (C=O) groups is 1. The van der Waals surface area contributed by atoms with Crippen LogP contribution < -0.4 is 24.4 Å². The summed E-state index contributed by atoms with van der Waals surface area (Å²) in [6.07, 6.45) is 2.66. The fraction of sp³-hybridized carbons (Fsp3) is 0.480. The fourth-order valence-electron chi connectivity index (χ4n) is 3.73. The molecule has 1 N–H and O–H groups in total. The van der Waals surface area contributed by atoms with Crippen LogP contribution in [0.15, 0.2) is 36.4 Å². The molecule has 7 heteroatoms. The number of nitrogens with one attached hydrogen (secondary N) is 1. The molecule has 1 aliphatic heterocycles. The van der Waals surface area contributed by atoms with E-state index in [9.17, 15) is 4.79 Å². The molecule has 0 atom stereocenters. The number of rotatable bonds is 9. The van der Waals surface area contributed by atoms with Crippen LogP contribution in [0.2, 0.25) is 5.02 Å². The first-order chi connectivity index (χ1) is 15.4. The second-order valence-electron chi connectivity index (χ2n) is 8.45. The number of amides is 1. The van der Waals surface area contributed by atoms with E-state index in [-0.39, 0.29) is 11.9 Å². The van der Waals surface area contributed by atoms with Crippen LogP contribution in [0.4, 0.5) is 5.69 Å². The van der Waals surface area contributed by atoms with Crippen LogP contribution in [0.3, 0.4) is 0 Å². The van der Waals surface area contributed by atoms with Crippen molar-refractivity contribution >= 4 is 23.2 Å². The standard InChI is InChI=1S/C25H33ClN2O4/c1-17(2)11-14-32-24-22(26)15-18(16-23(24)31-4)25(29)27-19-9-12-28(13-10-19)20-5-7-21(30-3)8-6-20/h5-8,15-17,19H,9-14H2,1-4H3,(H,27,29). The van der Waals surface area contributed by atoms with E-state index in [1.54, 1.807) is 26.4 Å². The van der Waals surface area contributed by atoms with Crippen LogP contribution in [-0.2, 0) is 0 Å². The lowest BCUT2D eigenvalue weighted by atomic mass is 10.0. The number of piperidine rings is 1. The van der Waals surface area contributed by atoms with Gasteiger partial charge < -0.3 is 24.4 Å². The first-order valence-corrected chi connectivity index (χ1v) is 11.5. The largest absolute Gasteiger partial charge is 0.497 e. The second kappa shape index (κ2) is 11.3. The lowest BCUT2D eigenvalue weighted by Crippen LogP contribution is -2.44. The second-order valence-corrected chi connectivity index (χ2v) is 8.86. The van der Waals surface area contributed by atoms with E-state index >= 15 is 0 Å². The molecule has 0 radical (unpaired) electrons. The quantitative estimate of drug-likeness (QED) is 0.558. The van der Waals surface area contributed by atoms with Gasteiger partial charge in [-0.2, -0.15) is 0 Å². The molecule has 0 bridgehead atoms. The molecule has 0 aromatic heterocycles. The van der Waals surface area contributed by atoms with E-state index < -0.39 is 0 Å². The Hall–Kier alpha value is -2.60. The summed E-state index contributed by atoms with van der Waals surface area (Å²) in [5, 5.41) is 3.52. The highest BCUT2D eigenvalue weighted by molar-refractivity contribution is 6.32. The molecule has 3 rings (SSSR count). The van der Waals surface area contributed by atoms with Gasteiger partial charge in [-0.3, -0.25) is 4.79 Å². The average Bonchev–Trinajstić information content (AvgIpc) is 2.80. The molecule has 1 fully saturated rings. The van der Waals surface area contributed by atoms with Crippen molar-refractivity contribution in [3.05, 3.63) is 47.0 Å². The normalized spacial score (nSPS) is 14.4. The molecule has 1 aliphatic rings. The molecular weight excluding hydrogens is 428 g/mol. The van der Waals surface area contributed by atoms with Crippen LogP contribution in [0.1, 0.15) is 43.5 Å². The lowest BCUT2D eigenvalue weighted by molar-refractivity contribution is 0.0930. The topological polar surface area (TPSA) is 60.0 Å². The summed E-state index contributed by atoms with van der Waals surface area (Å²) in [5.74, 6) is 2.18. The van der Waals surface area contributed by atoms with E-state index in [0.29, 0.717) is 34.6 Å². The maximum atomic E-state index is 12.9. The zero-order valence-corrected chi connectivity index (χ0v) is 20.1. The molecule has 32 heavy (non-hydrogen) atoms. The van der Waals surface area contributed by atoms with Crippen LogP contribution in [0.25, 0.3) is 0 Å². The van der Waals surface area contributed by atoms with Crippen molar-refractivity contribution in [2.75, 3.05) is 38.8 Å². The van der Waals surface area contributed by atoms with Crippen molar-refractivity contribution in [1.29, 1.82) is 0 Å². The van der Waals surface area contributed by atoms with Gasteiger partial charge in [-0.15, -0.1) is 0 Å². The number of anilines is 1. The number of hydrogen-bond donors (Lipinski definition) is 1. The number of halogens is 1. The number of hydrogen-bond acceptors (Lipinski definition) is 5. The minimum Gasteiger partial charge on any atom is -0.497 e. The summed E-state index contributed by atoms with van der Waals surface area (Å²) in [7, 11) is 3.22. The fourth-order valence-corrected chi connectivity index (χ4v) is 4.00. The van der Waals surface area contributed by atoms with Crippen molar-refractivity contribution in [3.8, 4) is 17.2 Å². The third-order valence-corrected chi connectivity index (χ3v) is 5.98. The smallest absolute Gasteiger partial charge is 0.251 e. The van der Waals surface area contributed by atoms with Gasteiger partial charge in [0.05, 0.1) is 25.8 Å². The Morgan fingerprint density at radius 2 is 1.81 bits per heavy atom. The number of carbonyl (C=O) groups excluding carboxylic acids is 1. The van der Waals surface area contributed by atoms with Crippen LogP contribution >= 0.6 is 11.6 Å². The van der Waals surface area contributed by atoms with Crippen LogP contribution in [0, 0.1) is 5.92 Å². The van der Waals surface area contributed by atoms with Crippen molar-refractivity contribution in [1.82, 2.24) is 5.32 Å². The zero-order chi connectivity index (χ0) is 23.1. The first-order valence-electron chi connectivity index (χ1n) is 11.1. The van der Waals surface area contributed by atoms with Crippen LogP contribution in [-0.4, -0.2) is 45.9 Å². The maximum Gasteiger partial charge on any atom is 0.251 e. The Labute approximate surface area is 195 Å². The molecule has 1 heterocycles.